The zero-order valence-corrected chi connectivity index (χ0v) is 35.5. The number of rotatable bonds is 10. The number of imidazole rings is 2. The summed E-state index contributed by atoms with van der Waals surface area (Å²) in [4.78, 5) is 13.1. The van der Waals surface area contributed by atoms with Gasteiger partial charge in [0.2, 0.25) is 5.03 Å². The Bertz CT molecular complexity index is 2760. The molecule has 62 heavy (non-hydrogen) atoms. The van der Waals surface area contributed by atoms with E-state index >= 15 is 0 Å². The largest absolute Gasteiger partial charge is 0.332 e. The van der Waals surface area contributed by atoms with Crippen LogP contribution in [0.5, 0.6) is 0 Å². The molecule has 0 spiro atoms. The molecule has 4 aromatic carbocycles. The number of benzene rings is 4. The molecule has 3 N–H and O–H groups in total. The zero-order chi connectivity index (χ0) is 44.7. The van der Waals surface area contributed by atoms with Crippen molar-refractivity contribution in [2.75, 3.05) is 33.2 Å². The maximum Gasteiger partial charge on any atom is 0.313 e. The molecule has 0 radical (unpaired) electrons. The van der Waals surface area contributed by atoms with Crippen LogP contribution in [0.25, 0.3) is 0 Å². The van der Waals surface area contributed by atoms with Crippen LogP contribution in [0.15, 0.2) is 95.2 Å². The quantitative estimate of drug-likeness (QED) is 0.0916. The Morgan fingerprint density at radius 2 is 1.27 bits per heavy atom. The number of hydrogen-bond donors (Lipinski definition) is 3. The number of sulfone groups is 1. The van der Waals surface area contributed by atoms with E-state index in [1.807, 2.05) is 11.9 Å². The molecule has 21 heteroatoms. The van der Waals surface area contributed by atoms with Crippen molar-refractivity contribution < 1.29 is 47.7 Å². The minimum absolute atomic E-state index is 0.0522. The van der Waals surface area contributed by atoms with Crippen LogP contribution in [-0.2, 0) is 20.0 Å². The second-order valence-electron chi connectivity index (χ2n) is 14.9. The van der Waals surface area contributed by atoms with Crippen molar-refractivity contribution in [2.24, 2.45) is 0 Å². The van der Waals surface area contributed by atoms with Gasteiger partial charge in [-0.15, -0.1) is 0 Å². The number of likely N-dealkylation sites (tertiary alicyclic amines) is 1. The molecule has 8 rings (SSSR count). The average molecular weight is 942 g/mol. The lowest BCUT2D eigenvalue weighted by Gasteiger charge is -2.22. The Balaban J connectivity index is 0.000000186. The van der Waals surface area contributed by atoms with Gasteiger partial charge in [-0.1, -0.05) is 47.5 Å². The fourth-order valence-corrected chi connectivity index (χ4v) is 10.1. The third kappa shape index (κ3) is 9.58. The van der Waals surface area contributed by atoms with E-state index < -0.39 is 77.0 Å². The molecule has 0 saturated carbocycles. The van der Waals surface area contributed by atoms with Crippen LogP contribution in [0.3, 0.4) is 0 Å². The Hall–Kier alpha value is -4.76. The Morgan fingerprint density at radius 1 is 0.742 bits per heavy atom. The van der Waals surface area contributed by atoms with E-state index in [4.69, 9.17) is 23.2 Å². The second kappa shape index (κ2) is 18.1. The smallest absolute Gasteiger partial charge is 0.313 e. The molecule has 4 atom stereocenters. The van der Waals surface area contributed by atoms with Crippen LogP contribution in [0.2, 0.25) is 10.0 Å². The molecule has 0 aliphatic carbocycles. The SMILES string of the molecule is CN1CCC(S(=O)(=O)c2cnc(C(c3ccc(F)c(F)c3)c3ccc(F)c(Cl)c3)[nH]2)C1.O=S(=O)(O)c1cn(C2CCNC2)c(C(c2ccc(F)c(F)c2)c2ccc(F)c(Cl)c2)n1. The van der Waals surface area contributed by atoms with Gasteiger partial charge in [-0.3, -0.25) is 4.55 Å². The summed E-state index contributed by atoms with van der Waals surface area (Å²) in [6.07, 6.45) is 3.59. The summed E-state index contributed by atoms with van der Waals surface area (Å²) in [5, 5.41) is 1.62. The van der Waals surface area contributed by atoms with E-state index in [1.165, 1.54) is 48.8 Å². The third-order valence-corrected chi connectivity index (χ3v) is 14.1. The lowest BCUT2D eigenvalue weighted by atomic mass is 9.90. The van der Waals surface area contributed by atoms with Crippen molar-refractivity contribution in [1.82, 2.24) is 29.7 Å². The Kier molecular flexibility index (Phi) is 13.3. The normalized spacial score (nSPS) is 18.1. The molecule has 0 bridgehead atoms. The van der Waals surface area contributed by atoms with E-state index in [1.54, 1.807) is 4.57 Å². The van der Waals surface area contributed by atoms with Crippen LogP contribution < -0.4 is 5.32 Å². The molecule has 2 aliphatic heterocycles. The predicted octanol–water partition coefficient (Wildman–Crippen LogP) is 8.05. The van der Waals surface area contributed by atoms with Crippen molar-refractivity contribution in [2.45, 2.75) is 46.0 Å². The molecule has 11 nitrogen and oxygen atoms in total. The standard InChI is InChI=1S/C21H19ClF3N3O2S.C20H17ClF3N3O3S/c1-28-7-6-14(11-28)31(29,30)19-10-26-21(27-19)20(12-2-4-16(23)15(22)8-12)13-3-5-17(24)18(25)9-13;21-14-7-11(1-3-15(14)22)19(12-2-4-16(23)17(24)8-12)20-26-18(31(28,29)30)10-27(20)13-5-6-25-9-13/h2-5,8-10,14,20H,6-7,11H2,1H3,(H,26,27);1-4,7-8,10,13,19,25H,5-6,9H2,(H,28,29,30). The first-order valence-corrected chi connectivity index (χ1v) is 22.6. The number of nitrogens with zero attached hydrogens (tertiary/aromatic N) is 4. The van der Waals surface area contributed by atoms with Crippen molar-refractivity contribution in [3.8, 4) is 0 Å². The maximum absolute atomic E-state index is 14.1. The summed E-state index contributed by atoms with van der Waals surface area (Å²) >= 11 is 11.9. The number of hydrogen-bond acceptors (Lipinski definition) is 8. The topological polar surface area (TPSA) is 150 Å². The minimum Gasteiger partial charge on any atom is -0.332 e. The van der Waals surface area contributed by atoms with E-state index in [-0.39, 0.29) is 38.3 Å². The van der Waals surface area contributed by atoms with Gasteiger partial charge in [0, 0.05) is 25.3 Å². The molecule has 328 valence electrons. The number of halogens is 8. The van der Waals surface area contributed by atoms with Gasteiger partial charge in [0.25, 0.3) is 0 Å². The number of nitrogens with one attached hydrogen (secondary N) is 2. The van der Waals surface area contributed by atoms with Gasteiger partial charge in [-0.25, -0.2) is 44.7 Å². The first-order valence-electron chi connectivity index (χ1n) is 18.9. The molecule has 2 fully saturated rings. The summed E-state index contributed by atoms with van der Waals surface area (Å²) in [6, 6.07) is 14.2. The zero-order valence-electron chi connectivity index (χ0n) is 32.3. The fourth-order valence-electron chi connectivity index (χ4n) is 7.60. The van der Waals surface area contributed by atoms with Gasteiger partial charge >= 0.3 is 10.1 Å². The van der Waals surface area contributed by atoms with Crippen molar-refractivity contribution in [3.63, 3.8) is 0 Å². The highest BCUT2D eigenvalue weighted by Gasteiger charge is 2.35. The predicted molar refractivity (Wildman–Crippen MR) is 218 cm³/mol. The highest BCUT2D eigenvalue weighted by Crippen LogP contribution is 2.38. The summed E-state index contributed by atoms with van der Waals surface area (Å²) in [5.74, 6) is -6.93. The molecule has 4 unspecified atom stereocenters. The highest BCUT2D eigenvalue weighted by atomic mass is 35.5. The van der Waals surface area contributed by atoms with Crippen LogP contribution in [-0.4, -0.2) is 84.3 Å². The summed E-state index contributed by atoms with van der Waals surface area (Å²) in [5.41, 5.74) is 1.38. The number of aromatic amines is 1. The highest BCUT2D eigenvalue weighted by molar-refractivity contribution is 7.92. The maximum atomic E-state index is 14.1. The van der Waals surface area contributed by atoms with Crippen molar-refractivity contribution in [3.05, 3.63) is 164 Å². The van der Waals surface area contributed by atoms with E-state index in [2.05, 4.69) is 20.3 Å². The summed E-state index contributed by atoms with van der Waals surface area (Å²) in [7, 11) is -6.44. The van der Waals surface area contributed by atoms with Gasteiger partial charge < -0.3 is 19.8 Å². The molecular formula is C41H36Cl2F6N6O5S2. The summed E-state index contributed by atoms with van der Waals surface area (Å²) in [6.45, 7) is 2.29. The molecule has 6 aromatic rings. The monoisotopic (exact) mass is 940 g/mol. The van der Waals surface area contributed by atoms with Crippen LogP contribution in [0.1, 0.15) is 64.6 Å². The van der Waals surface area contributed by atoms with Crippen LogP contribution in [0, 0.1) is 34.9 Å². The van der Waals surface area contributed by atoms with E-state index in [0.717, 1.165) is 36.4 Å². The average Bonchev–Trinajstić information content (AvgIpc) is 4.06. The van der Waals surface area contributed by atoms with Crippen molar-refractivity contribution in [1.29, 1.82) is 0 Å². The van der Waals surface area contributed by atoms with Gasteiger partial charge in [-0.2, -0.15) is 8.42 Å². The van der Waals surface area contributed by atoms with Gasteiger partial charge in [0.15, 0.2) is 38.1 Å². The van der Waals surface area contributed by atoms with Gasteiger partial charge in [0.05, 0.1) is 33.3 Å². The molecular weight excluding hydrogens is 906 g/mol. The number of H-pyrrole nitrogens is 1. The molecule has 2 aromatic heterocycles. The third-order valence-electron chi connectivity index (χ3n) is 10.7. The van der Waals surface area contributed by atoms with Gasteiger partial charge in [0.1, 0.15) is 23.3 Å². The molecule has 2 aliphatic rings. The first kappa shape index (κ1) is 45.3. The van der Waals surface area contributed by atoms with Gasteiger partial charge in [-0.05, 0) is 104 Å². The second-order valence-corrected chi connectivity index (χ2v) is 19.3. The van der Waals surface area contributed by atoms with Crippen LogP contribution >= 0.6 is 23.2 Å². The molecule has 4 heterocycles. The minimum atomic E-state index is -4.63. The van der Waals surface area contributed by atoms with E-state index in [9.17, 15) is 47.7 Å². The Labute approximate surface area is 362 Å². The number of aromatic nitrogens is 4. The fraction of sp³-hybridized carbons (Fsp3) is 0.268. The molecule has 2 saturated heterocycles. The summed E-state index contributed by atoms with van der Waals surface area (Å²) < 4.78 is 143. The van der Waals surface area contributed by atoms with Crippen molar-refractivity contribution >= 4 is 43.2 Å². The molecule has 0 amide bonds. The lowest BCUT2D eigenvalue weighted by Crippen LogP contribution is -2.25. The Morgan fingerprint density at radius 3 is 1.76 bits per heavy atom. The van der Waals surface area contributed by atoms with E-state index in [0.29, 0.717) is 55.7 Å². The first-order chi connectivity index (χ1) is 29.3. The van der Waals surface area contributed by atoms with Crippen LogP contribution in [0.4, 0.5) is 26.3 Å². The lowest BCUT2D eigenvalue weighted by molar-refractivity contribution is 0.417.